The molecule has 194 valence electrons. The Hall–Kier alpha value is -0.820. The van der Waals surface area contributed by atoms with Crippen molar-refractivity contribution >= 4 is 35.2 Å². The molecule has 5 aliphatic rings. The van der Waals surface area contributed by atoms with Crippen LogP contribution in [0.5, 0.6) is 0 Å². The van der Waals surface area contributed by atoms with Gasteiger partial charge in [0.2, 0.25) is 11.8 Å². The van der Waals surface area contributed by atoms with E-state index in [1.165, 1.54) is 0 Å². The molecule has 5 fully saturated rings. The maximum atomic E-state index is 13.8. The lowest BCUT2D eigenvalue weighted by molar-refractivity contribution is -0.142. The number of carbonyl (C=O) groups excluding carboxylic acids is 2. The quantitative estimate of drug-likeness (QED) is 0.310. The van der Waals surface area contributed by atoms with Crippen molar-refractivity contribution < 1.29 is 37.0 Å². The molecule has 13 heteroatoms. The first-order valence-corrected chi connectivity index (χ1v) is 13.1. The SMILES string of the molecule is O=C(COC1CCC(Cl)C(F)C1)NC12CCC(NC(=O)C3CSC(C(F)(F)F)N3)(CC1)CC2O. The molecule has 5 rings (SSSR count). The molecule has 34 heavy (non-hydrogen) atoms. The number of amides is 2. The lowest BCUT2D eigenvalue weighted by Gasteiger charge is -2.56. The molecule has 2 bridgehead atoms. The van der Waals surface area contributed by atoms with Crippen molar-refractivity contribution in [2.24, 2.45) is 0 Å². The fourth-order valence-corrected chi connectivity index (χ4v) is 6.83. The van der Waals surface area contributed by atoms with Gasteiger partial charge in [0.25, 0.3) is 0 Å². The molecule has 0 aromatic carbocycles. The van der Waals surface area contributed by atoms with E-state index in [9.17, 15) is 32.3 Å². The highest BCUT2D eigenvalue weighted by atomic mass is 35.5. The number of nitrogens with one attached hydrogen (secondary N) is 3. The van der Waals surface area contributed by atoms with Gasteiger partial charge in [0.1, 0.15) is 12.8 Å². The third kappa shape index (κ3) is 5.61. The van der Waals surface area contributed by atoms with Crippen molar-refractivity contribution in [3.05, 3.63) is 0 Å². The zero-order valence-electron chi connectivity index (χ0n) is 18.5. The Morgan fingerprint density at radius 1 is 1.18 bits per heavy atom. The number of halogens is 5. The van der Waals surface area contributed by atoms with Crippen LogP contribution in [-0.4, -0.2) is 81.7 Å². The van der Waals surface area contributed by atoms with Crippen LogP contribution in [0.3, 0.4) is 0 Å². The van der Waals surface area contributed by atoms with Gasteiger partial charge in [-0.2, -0.15) is 13.2 Å². The number of carbonyl (C=O) groups is 2. The lowest BCUT2D eigenvalue weighted by atomic mass is 9.60. The van der Waals surface area contributed by atoms with Crippen molar-refractivity contribution in [2.75, 3.05) is 12.4 Å². The number of ether oxygens (including phenoxy) is 1. The molecule has 1 saturated heterocycles. The first kappa shape index (κ1) is 26.2. The van der Waals surface area contributed by atoms with Crippen LogP contribution in [0, 0.1) is 0 Å². The third-order valence-corrected chi connectivity index (χ3v) is 9.34. The van der Waals surface area contributed by atoms with Crippen molar-refractivity contribution in [3.63, 3.8) is 0 Å². The summed E-state index contributed by atoms with van der Waals surface area (Å²) in [6, 6.07) is -0.952. The molecule has 0 aromatic rings. The summed E-state index contributed by atoms with van der Waals surface area (Å²) in [7, 11) is 0. The van der Waals surface area contributed by atoms with E-state index in [1.807, 2.05) is 0 Å². The number of aliphatic hydroxyl groups excluding tert-OH is 1. The Balaban J connectivity index is 1.26. The summed E-state index contributed by atoms with van der Waals surface area (Å²) >= 11 is 6.52. The number of rotatable bonds is 6. The summed E-state index contributed by atoms with van der Waals surface area (Å²) in [4.78, 5) is 25.2. The molecule has 6 unspecified atom stereocenters. The summed E-state index contributed by atoms with van der Waals surface area (Å²) in [6.45, 7) is -0.244. The highest BCUT2D eigenvalue weighted by Gasteiger charge is 2.56. The molecule has 4 saturated carbocycles. The Morgan fingerprint density at radius 2 is 1.88 bits per heavy atom. The van der Waals surface area contributed by atoms with Gasteiger partial charge in [-0.3, -0.25) is 14.9 Å². The second kappa shape index (κ2) is 9.91. The number of aliphatic hydroxyl groups is 1. The van der Waals surface area contributed by atoms with E-state index in [2.05, 4.69) is 16.0 Å². The van der Waals surface area contributed by atoms with Crippen LogP contribution < -0.4 is 16.0 Å². The second-order valence-corrected chi connectivity index (χ2v) is 11.6. The molecule has 0 radical (unpaired) electrons. The molecule has 7 nitrogen and oxygen atoms in total. The Morgan fingerprint density at radius 3 is 2.47 bits per heavy atom. The van der Waals surface area contributed by atoms with Gasteiger partial charge in [-0.05, 0) is 44.9 Å². The Kier molecular flexibility index (Phi) is 7.65. The minimum Gasteiger partial charge on any atom is -0.391 e. The van der Waals surface area contributed by atoms with Crippen LogP contribution in [0.2, 0.25) is 0 Å². The average Bonchev–Trinajstić information content (AvgIpc) is 3.27. The molecule has 0 aromatic heterocycles. The van der Waals surface area contributed by atoms with E-state index >= 15 is 0 Å². The number of fused-ring (bicyclic) bond motifs is 3. The van der Waals surface area contributed by atoms with E-state index in [1.54, 1.807) is 0 Å². The van der Waals surface area contributed by atoms with Crippen LogP contribution in [0.4, 0.5) is 17.6 Å². The van der Waals surface area contributed by atoms with Crippen LogP contribution in [0.25, 0.3) is 0 Å². The molecule has 4 N–H and O–H groups in total. The summed E-state index contributed by atoms with van der Waals surface area (Å²) < 4.78 is 58.0. The van der Waals surface area contributed by atoms with Crippen LogP contribution >= 0.6 is 23.4 Å². The zero-order chi connectivity index (χ0) is 24.7. The molecule has 6 atom stereocenters. The van der Waals surface area contributed by atoms with E-state index in [-0.39, 0.29) is 31.3 Å². The standard InChI is InChI=1S/C21H30ClF4N3O4S/c22-12-2-1-11(7-13(12)23)33-9-16(31)28-20-5-3-19(4-6-20,8-15(20)30)29-17(32)14-10-34-18(27-14)21(24,25)26/h11-15,18,27,30H,1-10H2,(H,28,31)(H,29,32). The molecule has 1 aliphatic heterocycles. The third-order valence-electron chi connectivity index (χ3n) is 7.59. The first-order chi connectivity index (χ1) is 15.9. The summed E-state index contributed by atoms with van der Waals surface area (Å²) in [5, 5.41) is 16.6. The maximum Gasteiger partial charge on any atom is 0.413 e. The van der Waals surface area contributed by atoms with Crippen molar-refractivity contribution in [3.8, 4) is 0 Å². The summed E-state index contributed by atoms with van der Waals surface area (Å²) in [6.07, 6.45) is -3.67. The predicted molar refractivity (Wildman–Crippen MR) is 118 cm³/mol. The van der Waals surface area contributed by atoms with Gasteiger partial charge in [-0.25, -0.2) is 4.39 Å². The number of hydrogen-bond donors (Lipinski definition) is 4. The van der Waals surface area contributed by atoms with Crippen molar-refractivity contribution in [2.45, 2.75) is 104 Å². The molecule has 2 amide bonds. The van der Waals surface area contributed by atoms with Crippen LogP contribution in [0.1, 0.15) is 51.4 Å². The molecular formula is C21H30ClF4N3O4S. The molecular weight excluding hydrogens is 502 g/mol. The van der Waals surface area contributed by atoms with Crippen molar-refractivity contribution in [1.29, 1.82) is 0 Å². The normalized spacial score (nSPS) is 42.4. The predicted octanol–water partition coefficient (Wildman–Crippen LogP) is 2.14. The maximum absolute atomic E-state index is 13.8. The Bertz CT molecular complexity index is 784. The first-order valence-electron chi connectivity index (χ1n) is 11.6. The van der Waals surface area contributed by atoms with Crippen molar-refractivity contribution in [1.82, 2.24) is 16.0 Å². The molecule has 0 spiro atoms. The number of thioether (sulfide) groups is 1. The van der Waals surface area contributed by atoms with Gasteiger partial charge in [-0.1, -0.05) is 0 Å². The van der Waals surface area contributed by atoms with Gasteiger partial charge < -0.3 is 20.5 Å². The Labute approximate surface area is 204 Å². The van der Waals surface area contributed by atoms with E-state index in [0.29, 0.717) is 50.3 Å². The summed E-state index contributed by atoms with van der Waals surface area (Å²) in [5.74, 6) is -0.882. The second-order valence-electron chi connectivity index (χ2n) is 9.95. The zero-order valence-corrected chi connectivity index (χ0v) is 20.1. The fraction of sp³-hybridized carbons (Fsp3) is 0.905. The smallest absolute Gasteiger partial charge is 0.391 e. The fourth-order valence-electron chi connectivity index (χ4n) is 5.52. The average molecular weight is 532 g/mol. The largest absolute Gasteiger partial charge is 0.413 e. The van der Waals surface area contributed by atoms with Gasteiger partial charge >= 0.3 is 6.18 Å². The molecule has 4 aliphatic carbocycles. The highest BCUT2D eigenvalue weighted by molar-refractivity contribution is 8.00. The molecule has 1 heterocycles. The number of alkyl halides is 5. The van der Waals surface area contributed by atoms with Gasteiger partial charge in [0, 0.05) is 17.7 Å². The van der Waals surface area contributed by atoms with E-state index in [4.69, 9.17) is 16.3 Å². The van der Waals surface area contributed by atoms with Gasteiger partial charge in [-0.15, -0.1) is 23.4 Å². The topological polar surface area (TPSA) is 99.7 Å². The highest BCUT2D eigenvalue weighted by Crippen LogP contribution is 2.47. The monoisotopic (exact) mass is 531 g/mol. The van der Waals surface area contributed by atoms with Gasteiger partial charge in [0.05, 0.1) is 29.2 Å². The van der Waals surface area contributed by atoms with Crippen LogP contribution in [0.15, 0.2) is 0 Å². The van der Waals surface area contributed by atoms with Crippen LogP contribution in [-0.2, 0) is 14.3 Å². The number of hydrogen-bond acceptors (Lipinski definition) is 6. The van der Waals surface area contributed by atoms with E-state index in [0.717, 1.165) is 0 Å². The van der Waals surface area contributed by atoms with E-state index < -0.39 is 58.1 Å². The minimum absolute atomic E-state index is 0.0182. The van der Waals surface area contributed by atoms with Gasteiger partial charge in [0.15, 0.2) is 5.37 Å². The minimum atomic E-state index is -4.43. The lowest BCUT2D eigenvalue weighted by Crippen LogP contribution is -2.71. The summed E-state index contributed by atoms with van der Waals surface area (Å²) in [5.41, 5.74) is -1.55.